The molecule has 11 heteroatoms. The molecule has 5 aliphatic heterocycles. The Balaban J connectivity index is 1.06. The number of carbonyl (C=O) groups is 1. The minimum absolute atomic E-state index is 0.0607. The van der Waals surface area contributed by atoms with E-state index in [-0.39, 0.29) is 48.6 Å². The fourth-order valence-corrected chi connectivity index (χ4v) is 9.63. The highest BCUT2D eigenvalue weighted by Crippen LogP contribution is 2.49. The van der Waals surface area contributed by atoms with Crippen molar-refractivity contribution in [2.75, 3.05) is 6.54 Å². The number of nitrogens with one attached hydrogen (secondary N) is 1. The summed E-state index contributed by atoms with van der Waals surface area (Å²) < 4.78 is 13.1. The average Bonchev–Trinajstić information content (AvgIpc) is 3.93. The van der Waals surface area contributed by atoms with E-state index in [0.717, 1.165) is 59.2 Å². The first-order chi connectivity index (χ1) is 27.6. The number of Topliss-reactive ketones (excluding diaryl/α,β-unsaturated/α-hetero) is 1. The molecule has 294 valence electrons. The quantitative estimate of drug-likeness (QED) is 0.177. The lowest BCUT2D eigenvalue weighted by atomic mass is 9.73. The molecular formula is C46H48N4O7. The molecule has 1 spiro atoms. The van der Waals surface area contributed by atoms with Crippen LogP contribution >= 0.6 is 0 Å². The summed E-state index contributed by atoms with van der Waals surface area (Å²) in [6, 6.07) is 7.06. The highest BCUT2D eigenvalue weighted by Gasteiger charge is 2.49. The van der Waals surface area contributed by atoms with Crippen LogP contribution in [0.4, 0.5) is 0 Å². The van der Waals surface area contributed by atoms with Crippen molar-refractivity contribution >= 4 is 17.6 Å². The van der Waals surface area contributed by atoms with Crippen LogP contribution in [0, 0.1) is 47.0 Å². The number of nitrogens with two attached hydrogens (primary N) is 1. The maximum Gasteiger partial charge on any atom is 0.187 e. The van der Waals surface area contributed by atoms with Gasteiger partial charge in [0.2, 0.25) is 0 Å². The van der Waals surface area contributed by atoms with Crippen LogP contribution in [0.2, 0.25) is 0 Å². The van der Waals surface area contributed by atoms with Gasteiger partial charge in [0.05, 0.1) is 35.8 Å². The molecule has 1 fully saturated rings. The van der Waals surface area contributed by atoms with Gasteiger partial charge >= 0.3 is 0 Å². The third-order valence-electron chi connectivity index (χ3n) is 12.8. The molecule has 8 unspecified atom stereocenters. The van der Waals surface area contributed by atoms with Gasteiger partial charge in [0.1, 0.15) is 29.9 Å². The Bertz CT molecular complexity index is 2280. The topological polar surface area (TPSA) is 170 Å². The van der Waals surface area contributed by atoms with E-state index in [1.807, 2.05) is 43.6 Å². The lowest BCUT2D eigenvalue weighted by molar-refractivity contribution is -0.122. The van der Waals surface area contributed by atoms with E-state index in [9.17, 15) is 25.2 Å². The van der Waals surface area contributed by atoms with Crippen molar-refractivity contribution in [2.45, 2.75) is 95.4 Å². The summed E-state index contributed by atoms with van der Waals surface area (Å²) in [6.45, 7) is 2.48. The number of aromatic hydroxyl groups is 1. The van der Waals surface area contributed by atoms with Gasteiger partial charge in [-0.05, 0) is 83.3 Å². The number of ether oxygens (including phenoxy) is 2. The number of aryl methyl sites for hydroxylation is 1. The standard InChI is InChI=1S/C46H48N4O7/c1-26-4-7-33(40(54)18-26)41(55)21-29(51)6-5-27-20-43-42(22-39(27)53)56-17-15-46(13-2-3-14-46)36-10-11-38(52)31-8-9-32-30(12-16-48-44(32)47)34(31)19-28-23-49-37-25-50(24-35(28)37)45(36)57-43/h4,7-9,12,16,20,22-24,26,33,36,38,40-41,44-45,48,52-55H,2-3,5-6,13-14,18-19,21,25,47H2,1H3. The van der Waals surface area contributed by atoms with Crippen LogP contribution in [0.3, 0.4) is 0 Å². The summed E-state index contributed by atoms with van der Waals surface area (Å²) in [5.41, 5.74) is 12.9. The number of rotatable bonds is 6. The summed E-state index contributed by atoms with van der Waals surface area (Å²) in [7, 11) is 0. The second kappa shape index (κ2) is 14.9. The molecule has 5 heterocycles. The molecule has 2 aromatic rings. The number of allylic oxidation sites excluding steroid dienone is 2. The van der Waals surface area contributed by atoms with Crippen LogP contribution in [0.25, 0.3) is 6.08 Å². The van der Waals surface area contributed by atoms with E-state index in [2.05, 4.69) is 40.3 Å². The molecule has 9 rings (SSSR count). The minimum Gasteiger partial charge on any atom is -0.508 e. The first kappa shape index (κ1) is 37.3. The van der Waals surface area contributed by atoms with Crippen molar-refractivity contribution < 1.29 is 34.7 Å². The first-order valence-corrected chi connectivity index (χ1v) is 20.1. The highest BCUT2D eigenvalue weighted by molar-refractivity contribution is 6.09. The van der Waals surface area contributed by atoms with Gasteiger partial charge < -0.3 is 45.9 Å². The van der Waals surface area contributed by atoms with Gasteiger partial charge in [-0.25, -0.2) is 0 Å². The van der Waals surface area contributed by atoms with Gasteiger partial charge in [-0.3, -0.25) is 9.79 Å². The molecule has 1 saturated carbocycles. The number of ketones is 1. The number of aliphatic hydroxyl groups excluding tert-OH is 3. The zero-order valence-corrected chi connectivity index (χ0v) is 31.9. The summed E-state index contributed by atoms with van der Waals surface area (Å²) in [6.07, 6.45) is 15.4. The average molecular weight is 769 g/mol. The van der Waals surface area contributed by atoms with Crippen molar-refractivity contribution in [2.24, 2.45) is 33.9 Å². The van der Waals surface area contributed by atoms with Gasteiger partial charge in [0.25, 0.3) is 0 Å². The normalized spacial score (nSPS) is 29.1. The lowest BCUT2D eigenvalue weighted by Crippen LogP contribution is -2.47. The van der Waals surface area contributed by atoms with E-state index in [0.29, 0.717) is 36.3 Å². The minimum atomic E-state index is -1.10. The van der Waals surface area contributed by atoms with E-state index in [4.69, 9.17) is 20.2 Å². The molecule has 57 heavy (non-hydrogen) atoms. The van der Waals surface area contributed by atoms with Crippen molar-refractivity contribution in [3.63, 3.8) is 0 Å². The molecule has 11 nitrogen and oxygen atoms in total. The number of aliphatic imine (C=N–C) groups is 1. The largest absolute Gasteiger partial charge is 0.508 e. The maximum atomic E-state index is 13.1. The van der Waals surface area contributed by atoms with Gasteiger partial charge in [-0.2, -0.15) is 0 Å². The second-order valence-electron chi connectivity index (χ2n) is 16.6. The van der Waals surface area contributed by atoms with Gasteiger partial charge in [0.15, 0.2) is 17.7 Å². The van der Waals surface area contributed by atoms with Gasteiger partial charge in [-0.1, -0.05) is 61.8 Å². The number of carbonyl (C=O) groups excluding carboxylic acids is 1. The summed E-state index contributed by atoms with van der Waals surface area (Å²) in [4.78, 5) is 20.1. The number of phenols is 1. The molecule has 7 N–H and O–H groups in total. The van der Waals surface area contributed by atoms with E-state index in [1.54, 1.807) is 12.1 Å². The molecule has 2 aliphatic carbocycles. The maximum absolute atomic E-state index is 13.1. The molecule has 2 aromatic carbocycles. The predicted molar refractivity (Wildman–Crippen MR) is 214 cm³/mol. The van der Waals surface area contributed by atoms with Crippen LogP contribution in [-0.4, -0.2) is 61.8 Å². The Hall–Kier alpha value is -5.30. The first-order valence-electron chi connectivity index (χ1n) is 20.1. The van der Waals surface area contributed by atoms with Crippen LogP contribution in [0.5, 0.6) is 17.2 Å². The fraction of sp³-hybridized carbons (Fsp3) is 0.435. The summed E-state index contributed by atoms with van der Waals surface area (Å²) in [5, 5.41) is 47.6. The van der Waals surface area contributed by atoms with Gasteiger partial charge in [0, 0.05) is 49.2 Å². The lowest BCUT2D eigenvalue weighted by Gasteiger charge is -2.39. The van der Waals surface area contributed by atoms with Crippen LogP contribution in [0.1, 0.15) is 92.0 Å². The van der Waals surface area contributed by atoms with Crippen LogP contribution in [-0.2, 0) is 17.6 Å². The monoisotopic (exact) mass is 768 g/mol. The zero-order chi connectivity index (χ0) is 39.4. The molecule has 7 aliphatic rings. The Labute approximate surface area is 332 Å². The Morgan fingerprint density at radius 3 is 2.79 bits per heavy atom. The summed E-state index contributed by atoms with van der Waals surface area (Å²) >= 11 is 0. The molecule has 0 saturated heterocycles. The Morgan fingerprint density at radius 2 is 1.96 bits per heavy atom. The molecule has 8 atom stereocenters. The fourth-order valence-electron chi connectivity index (χ4n) is 9.63. The number of fused-ring (bicyclic) bond motifs is 8. The Morgan fingerprint density at radius 1 is 1.14 bits per heavy atom. The van der Waals surface area contributed by atoms with Gasteiger partial charge in [-0.15, -0.1) is 0 Å². The number of benzene rings is 2. The highest BCUT2D eigenvalue weighted by atomic mass is 16.5. The number of nitrogens with zero attached hydrogens (tertiary/aromatic N) is 2. The number of aliphatic hydroxyl groups is 3. The third kappa shape index (κ3) is 6.93. The smallest absolute Gasteiger partial charge is 0.187 e. The molecule has 0 amide bonds. The molecular weight excluding hydrogens is 721 g/mol. The Kier molecular flexibility index (Phi) is 9.74. The molecule has 2 bridgehead atoms. The van der Waals surface area contributed by atoms with Crippen LogP contribution < -0.4 is 20.5 Å². The number of hydrogen-bond donors (Lipinski definition) is 6. The molecule has 0 radical (unpaired) electrons. The second-order valence-corrected chi connectivity index (χ2v) is 16.6. The zero-order valence-electron chi connectivity index (χ0n) is 31.9. The number of hydrogen-bond acceptors (Lipinski definition) is 11. The number of phenolic OH excluding ortho intramolecular Hbond substituents is 1. The van der Waals surface area contributed by atoms with E-state index >= 15 is 0 Å². The third-order valence-corrected chi connectivity index (χ3v) is 12.8. The SMILES string of the molecule is CC1C=CC(C(O)CC(=O)CCc2cc3c(cc2O)OC#CC2(CCCC2)C2C#CC(O)c4ccc5c(c4CC4=CN=C6CN(C=C46)C2O3)C=CNC5N)C(O)C1. The van der Waals surface area contributed by atoms with Crippen molar-refractivity contribution in [3.05, 3.63) is 94.0 Å². The predicted octanol–water partition coefficient (Wildman–Crippen LogP) is 4.82. The molecule has 0 aromatic heterocycles. The van der Waals surface area contributed by atoms with E-state index < -0.39 is 41.8 Å². The van der Waals surface area contributed by atoms with Crippen molar-refractivity contribution in [1.29, 1.82) is 0 Å². The van der Waals surface area contributed by atoms with Crippen molar-refractivity contribution in [3.8, 4) is 41.1 Å². The van der Waals surface area contributed by atoms with E-state index in [1.165, 1.54) is 6.07 Å². The van der Waals surface area contributed by atoms with Crippen molar-refractivity contribution in [1.82, 2.24) is 10.2 Å². The van der Waals surface area contributed by atoms with Crippen LogP contribution in [0.15, 0.2) is 71.2 Å². The summed E-state index contributed by atoms with van der Waals surface area (Å²) in [5.74, 6) is 9.80.